The van der Waals surface area contributed by atoms with Crippen molar-refractivity contribution >= 4 is 11.9 Å². The van der Waals surface area contributed by atoms with E-state index in [1.165, 1.54) is 19.6 Å². The number of rotatable bonds is 5. The number of terminal acetylenes is 1. The highest BCUT2D eigenvalue weighted by atomic mass is 16.5. The predicted molar refractivity (Wildman–Crippen MR) is 73.3 cm³/mol. The molecule has 112 valence electrons. The molecule has 0 unspecified atom stereocenters. The first-order valence-electron chi connectivity index (χ1n) is 6.16. The topological polar surface area (TPSA) is 123 Å². The third-order valence-corrected chi connectivity index (χ3v) is 2.68. The molecule has 1 amide bonds. The first kappa shape index (κ1) is 15.1. The molecule has 0 aliphatic rings. The zero-order valence-electron chi connectivity index (χ0n) is 11.6. The Morgan fingerprint density at radius 1 is 1.45 bits per heavy atom. The summed E-state index contributed by atoms with van der Waals surface area (Å²) in [7, 11) is 1.23. The number of aromatic amines is 1. The molecule has 0 spiro atoms. The van der Waals surface area contributed by atoms with E-state index in [2.05, 4.69) is 41.1 Å². The van der Waals surface area contributed by atoms with E-state index in [0.717, 1.165) is 0 Å². The zero-order chi connectivity index (χ0) is 15.9. The maximum Gasteiger partial charge on any atom is 0.328 e. The molecule has 22 heavy (non-hydrogen) atoms. The number of H-pyrrole nitrogens is 1. The van der Waals surface area contributed by atoms with Crippen LogP contribution in [0.2, 0.25) is 0 Å². The van der Waals surface area contributed by atoms with Crippen LogP contribution in [-0.4, -0.2) is 50.2 Å². The number of carbonyl (C=O) groups excluding carboxylic acids is 2. The number of carbonyl (C=O) groups is 2. The Hall–Kier alpha value is -3.28. The van der Waals surface area contributed by atoms with E-state index in [1.54, 1.807) is 6.20 Å². The van der Waals surface area contributed by atoms with E-state index in [9.17, 15) is 9.59 Å². The SMILES string of the molecule is C#Cc1cnc(C(=O)N[C@H](Cc2cnc[nH]2)C(=O)OC)nn1. The van der Waals surface area contributed by atoms with Crippen molar-refractivity contribution in [3.63, 3.8) is 0 Å². The van der Waals surface area contributed by atoms with E-state index in [-0.39, 0.29) is 17.9 Å². The highest BCUT2D eigenvalue weighted by Gasteiger charge is 2.24. The lowest BCUT2D eigenvalue weighted by Gasteiger charge is -2.14. The molecular formula is C13H12N6O3. The number of nitrogens with zero attached hydrogens (tertiary/aromatic N) is 4. The fourth-order valence-electron chi connectivity index (χ4n) is 1.62. The molecule has 0 saturated carbocycles. The number of imidazole rings is 1. The van der Waals surface area contributed by atoms with Gasteiger partial charge in [-0.15, -0.1) is 16.6 Å². The van der Waals surface area contributed by atoms with Gasteiger partial charge in [0, 0.05) is 18.3 Å². The minimum atomic E-state index is -0.908. The fraction of sp³-hybridized carbons (Fsp3) is 0.231. The highest BCUT2D eigenvalue weighted by Crippen LogP contribution is 2.02. The minimum Gasteiger partial charge on any atom is -0.467 e. The van der Waals surface area contributed by atoms with Gasteiger partial charge in [-0.25, -0.2) is 14.8 Å². The second-order valence-corrected chi connectivity index (χ2v) is 4.14. The summed E-state index contributed by atoms with van der Waals surface area (Å²) < 4.78 is 4.66. The molecule has 0 aliphatic heterocycles. The van der Waals surface area contributed by atoms with Crippen LogP contribution < -0.4 is 5.32 Å². The number of amides is 1. The van der Waals surface area contributed by atoms with Crippen molar-refractivity contribution in [2.75, 3.05) is 7.11 Å². The van der Waals surface area contributed by atoms with E-state index in [4.69, 9.17) is 6.42 Å². The van der Waals surface area contributed by atoms with E-state index >= 15 is 0 Å². The molecule has 2 aromatic rings. The van der Waals surface area contributed by atoms with Crippen LogP contribution in [0.15, 0.2) is 18.7 Å². The highest BCUT2D eigenvalue weighted by molar-refractivity contribution is 5.93. The predicted octanol–water partition coefficient (Wildman–Crippen LogP) is -0.910. The number of esters is 1. The van der Waals surface area contributed by atoms with Crippen LogP contribution >= 0.6 is 0 Å². The second-order valence-electron chi connectivity index (χ2n) is 4.14. The molecule has 2 rings (SSSR count). The van der Waals surface area contributed by atoms with Crippen LogP contribution in [0.5, 0.6) is 0 Å². The lowest BCUT2D eigenvalue weighted by atomic mass is 10.1. The molecule has 2 heterocycles. The minimum absolute atomic E-state index is 0.189. The van der Waals surface area contributed by atoms with Gasteiger partial charge < -0.3 is 15.0 Å². The Bertz CT molecular complexity index is 690. The van der Waals surface area contributed by atoms with Crippen molar-refractivity contribution in [1.29, 1.82) is 0 Å². The number of hydrogen-bond donors (Lipinski definition) is 2. The van der Waals surface area contributed by atoms with Crippen LogP contribution in [0, 0.1) is 12.3 Å². The number of aromatic nitrogens is 5. The summed E-state index contributed by atoms with van der Waals surface area (Å²) in [5.41, 5.74) is 0.871. The number of methoxy groups -OCH3 is 1. The molecule has 0 aliphatic carbocycles. The van der Waals surface area contributed by atoms with Crippen molar-refractivity contribution in [1.82, 2.24) is 30.5 Å². The first-order valence-corrected chi connectivity index (χ1v) is 6.16. The second kappa shape index (κ2) is 6.94. The van der Waals surface area contributed by atoms with Gasteiger partial charge in [0.25, 0.3) is 5.91 Å². The van der Waals surface area contributed by atoms with Gasteiger partial charge in [0.2, 0.25) is 5.82 Å². The average molecular weight is 300 g/mol. The van der Waals surface area contributed by atoms with Crippen LogP contribution in [0.25, 0.3) is 0 Å². The van der Waals surface area contributed by atoms with Gasteiger partial charge in [0.1, 0.15) is 6.04 Å². The molecule has 9 nitrogen and oxygen atoms in total. The molecule has 0 fully saturated rings. The van der Waals surface area contributed by atoms with Gasteiger partial charge in [0.15, 0.2) is 5.69 Å². The van der Waals surface area contributed by atoms with Crippen molar-refractivity contribution in [2.45, 2.75) is 12.5 Å². The number of hydrogen-bond acceptors (Lipinski definition) is 7. The maximum atomic E-state index is 12.0. The standard InChI is InChI=1S/C13H12N6O3/c1-3-8-6-15-11(19-18-8)12(20)17-10(13(21)22-2)4-9-5-14-7-16-9/h1,5-7,10H,4H2,2H3,(H,14,16)(H,17,20)/t10-/m1/s1. The molecule has 0 saturated heterocycles. The van der Waals surface area contributed by atoms with E-state index in [1.807, 2.05) is 0 Å². The van der Waals surface area contributed by atoms with Gasteiger partial charge in [-0.05, 0) is 5.92 Å². The molecule has 9 heteroatoms. The normalized spacial score (nSPS) is 11.3. The number of nitrogens with one attached hydrogen (secondary N) is 2. The lowest BCUT2D eigenvalue weighted by molar-refractivity contribution is -0.142. The van der Waals surface area contributed by atoms with Crippen molar-refractivity contribution in [2.24, 2.45) is 0 Å². The van der Waals surface area contributed by atoms with E-state index < -0.39 is 17.9 Å². The lowest BCUT2D eigenvalue weighted by Crippen LogP contribution is -2.43. The Balaban J connectivity index is 2.10. The Morgan fingerprint density at radius 3 is 2.82 bits per heavy atom. The van der Waals surface area contributed by atoms with Crippen LogP contribution in [-0.2, 0) is 16.0 Å². The maximum absolute atomic E-state index is 12.0. The third-order valence-electron chi connectivity index (χ3n) is 2.68. The molecule has 2 aromatic heterocycles. The molecule has 1 atom stereocenters. The summed E-state index contributed by atoms with van der Waals surface area (Å²) in [5, 5.41) is 9.70. The summed E-state index contributed by atoms with van der Waals surface area (Å²) in [5.74, 6) is 0.779. The Morgan fingerprint density at radius 2 is 2.27 bits per heavy atom. The van der Waals surface area contributed by atoms with Crippen LogP contribution in [0.4, 0.5) is 0 Å². The van der Waals surface area contributed by atoms with Gasteiger partial charge in [-0.3, -0.25) is 4.79 Å². The van der Waals surface area contributed by atoms with Gasteiger partial charge in [0.05, 0.1) is 19.6 Å². The molecule has 0 radical (unpaired) electrons. The van der Waals surface area contributed by atoms with Gasteiger partial charge in [-0.1, -0.05) is 0 Å². The quantitative estimate of drug-likeness (QED) is 0.541. The summed E-state index contributed by atoms with van der Waals surface area (Å²) in [6, 6.07) is -0.908. The van der Waals surface area contributed by atoms with Crippen molar-refractivity contribution < 1.29 is 14.3 Å². The molecule has 0 aromatic carbocycles. The van der Waals surface area contributed by atoms with E-state index in [0.29, 0.717) is 5.69 Å². The molecule has 2 N–H and O–H groups in total. The van der Waals surface area contributed by atoms with Crippen LogP contribution in [0.1, 0.15) is 22.0 Å². The van der Waals surface area contributed by atoms with Gasteiger partial charge in [-0.2, -0.15) is 0 Å². The molecular weight excluding hydrogens is 288 g/mol. The summed E-state index contributed by atoms with van der Waals surface area (Å²) in [6.07, 6.45) is 9.57. The fourth-order valence-corrected chi connectivity index (χ4v) is 1.62. The average Bonchev–Trinajstić information content (AvgIpc) is 3.06. The monoisotopic (exact) mass is 300 g/mol. The zero-order valence-corrected chi connectivity index (χ0v) is 11.6. The summed E-state index contributed by atoms with van der Waals surface area (Å²) in [4.78, 5) is 34.3. The Labute approximate surface area is 125 Å². The molecule has 0 bridgehead atoms. The number of ether oxygens (including phenoxy) is 1. The summed E-state index contributed by atoms with van der Waals surface area (Å²) >= 11 is 0. The first-order chi connectivity index (χ1) is 10.6. The van der Waals surface area contributed by atoms with Crippen molar-refractivity contribution in [3.8, 4) is 12.3 Å². The van der Waals surface area contributed by atoms with Crippen molar-refractivity contribution in [3.05, 3.63) is 35.9 Å². The third kappa shape index (κ3) is 3.63. The van der Waals surface area contributed by atoms with Crippen LogP contribution in [0.3, 0.4) is 0 Å². The Kier molecular flexibility index (Phi) is 4.77. The van der Waals surface area contributed by atoms with Gasteiger partial charge >= 0.3 is 5.97 Å². The largest absolute Gasteiger partial charge is 0.467 e. The smallest absolute Gasteiger partial charge is 0.328 e. The summed E-state index contributed by atoms with van der Waals surface area (Å²) in [6.45, 7) is 0.